The topological polar surface area (TPSA) is 43.8 Å². The maximum absolute atomic E-state index is 13.5. The summed E-state index contributed by atoms with van der Waals surface area (Å²) in [5.74, 6) is -0.651. The Morgan fingerprint density at radius 3 is 2.71 bits per heavy atom. The van der Waals surface area contributed by atoms with Gasteiger partial charge < -0.3 is 10.3 Å². The summed E-state index contributed by atoms with van der Waals surface area (Å²) in [7, 11) is 0. The second-order valence-electron chi connectivity index (χ2n) is 4.83. The Labute approximate surface area is 125 Å². The summed E-state index contributed by atoms with van der Waals surface area (Å²) in [6, 6.07) is 8.69. The molecule has 0 aliphatic heterocycles. The Balaban J connectivity index is 2.19. The van der Waals surface area contributed by atoms with Gasteiger partial charge in [0, 0.05) is 6.07 Å². The van der Waals surface area contributed by atoms with Crippen LogP contribution in [0.1, 0.15) is 18.5 Å². The van der Waals surface area contributed by atoms with E-state index in [1.54, 1.807) is 16.7 Å². The molecule has 2 N–H and O–H groups in total. The minimum atomic E-state index is -0.549. The number of hydrogen-bond acceptors (Lipinski definition) is 2. The quantitative estimate of drug-likeness (QED) is 0.772. The molecule has 108 valence electrons. The van der Waals surface area contributed by atoms with Crippen molar-refractivity contribution in [3.05, 3.63) is 58.6 Å². The Bertz CT molecular complexity index is 829. The van der Waals surface area contributed by atoms with E-state index in [0.29, 0.717) is 11.0 Å². The van der Waals surface area contributed by atoms with Crippen molar-refractivity contribution in [2.24, 2.45) is 0 Å². The maximum Gasteiger partial charge on any atom is 0.201 e. The molecule has 0 fully saturated rings. The Morgan fingerprint density at radius 2 is 2.00 bits per heavy atom. The number of nitrogen functional groups attached to an aromatic ring is 1. The number of hydrogen-bond donors (Lipinski definition) is 1. The standard InChI is InChI=1S/C15H12ClF2N3/c1-8(9-3-2-4-10(17)5-9)21-14-6-11(16)12(18)7-13(14)20-15(21)19/h2-8H,1H3,(H2,19,20). The second-order valence-corrected chi connectivity index (χ2v) is 5.23. The molecule has 0 saturated heterocycles. The number of benzene rings is 2. The van der Waals surface area contributed by atoms with Crippen LogP contribution in [0.5, 0.6) is 0 Å². The van der Waals surface area contributed by atoms with Crippen LogP contribution in [0, 0.1) is 11.6 Å². The Hall–Kier alpha value is -2.14. The van der Waals surface area contributed by atoms with E-state index in [4.69, 9.17) is 17.3 Å². The third kappa shape index (κ3) is 2.34. The maximum atomic E-state index is 13.5. The molecule has 1 heterocycles. The van der Waals surface area contributed by atoms with Crippen molar-refractivity contribution >= 4 is 28.6 Å². The van der Waals surface area contributed by atoms with Gasteiger partial charge in [0.2, 0.25) is 5.95 Å². The zero-order valence-electron chi connectivity index (χ0n) is 11.1. The van der Waals surface area contributed by atoms with Gasteiger partial charge in [-0.3, -0.25) is 0 Å². The first-order valence-electron chi connectivity index (χ1n) is 6.35. The first-order chi connectivity index (χ1) is 9.97. The largest absolute Gasteiger partial charge is 0.369 e. The molecule has 0 amide bonds. The molecule has 1 aromatic heterocycles. The minimum Gasteiger partial charge on any atom is -0.369 e. The van der Waals surface area contributed by atoms with E-state index in [2.05, 4.69) is 4.98 Å². The molecule has 0 bridgehead atoms. The number of nitrogens with two attached hydrogens (primary N) is 1. The summed E-state index contributed by atoms with van der Waals surface area (Å²) in [5, 5.41) is -0.00454. The molecule has 0 spiro atoms. The van der Waals surface area contributed by atoms with Crippen LogP contribution in [0.4, 0.5) is 14.7 Å². The van der Waals surface area contributed by atoms with Crippen LogP contribution in [-0.2, 0) is 0 Å². The van der Waals surface area contributed by atoms with E-state index >= 15 is 0 Å². The predicted octanol–water partition coefficient (Wildman–Crippen LogP) is 4.16. The molecule has 0 saturated carbocycles. The highest BCUT2D eigenvalue weighted by Crippen LogP contribution is 2.30. The van der Waals surface area contributed by atoms with Crippen molar-refractivity contribution in [3.8, 4) is 0 Å². The SMILES string of the molecule is CC(c1cccc(F)c1)n1c(N)nc2cc(F)c(Cl)cc21. The van der Waals surface area contributed by atoms with Gasteiger partial charge in [0.25, 0.3) is 0 Å². The Morgan fingerprint density at radius 1 is 1.24 bits per heavy atom. The number of fused-ring (bicyclic) bond motifs is 1. The molecule has 21 heavy (non-hydrogen) atoms. The van der Waals surface area contributed by atoms with E-state index in [9.17, 15) is 8.78 Å². The number of nitrogens with zero attached hydrogens (tertiary/aromatic N) is 2. The average molecular weight is 308 g/mol. The highest BCUT2D eigenvalue weighted by atomic mass is 35.5. The van der Waals surface area contributed by atoms with Crippen molar-refractivity contribution < 1.29 is 8.78 Å². The fraction of sp³-hybridized carbons (Fsp3) is 0.133. The molecular formula is C15H12ClF2N3. The summed E-state index contributed by atoms with van der Waals surface area (Å²) >= 11 is 5.83. The van der Waals surface area contributed by atoms with E-state index in [0.717, 1.165) is 5.56 Å². The van der Waals surface area contributed by atoms with Crippen LogP contribution < -0.4 is 5.73 Å². The van der Waals surface area contributed by atoms with Crippen molar-refractivity contribution in [3.63, 3.8) is 0 Å². The molecule has 0 aliphatic rings. The fourth-order valence-electron chi connectivity index (χ4n) is 2.43. The van der Waals surface area contributed by atoms with Crippen molar-refractivity contribution in [2.75, 3.05) is 5.73 Å². The number of anilines is 1. The first kappa shape index (κ1) is 13.8. The summed E-state index contributed by atoms with van der Waals surface area (Å²) in [4.78, 5) is 4.13. The van der Waals surface area contributed by atoms with Crippen molar-refractivity contribution in [2.45, 2.75) is 13.0 Å². The number of imidazole rings is 1. The molecule has 1 atom stereocenters. The van der Waals surface area contributed by atoms with Gasteiger partial charge in [0.15, 0.2) is 0 Å². The molecule has 3 aromatic rings. The summed E-state index contributed by atoms with van der Waals surface area (Å²) in [6.07, 6.45) is 0. The van der Waals surface area contributed by atoms with Gasteiger partial charge in [-0.2, -0.15) is 0 Å². The van der Waals surface area contributed by atoms with Crippen LogP contribution in [0.25, 0.3) is 11.0 Å². The lowest BCUT2D eigenvalue weighted by molar-refractivity contribution is 0.612. The van der Waals surface area contributed by atoms with Gasteiger partial charge in [-0.1, -0.05) is 23.7 Å². The van der Waals surface area contributed by atoms with E-state index in [1.807, 2.05) is 6.92 Å². The van der Waals surface area contributed by atoms with E-state index in [1.165, 1.54) is 24.3 Å². The van der Waals surface area contributed by atoms with Gasteiger partial charge >= 0.3 is 0 Å². The highest BCUT2D eigenvalue weighted by molar-refractivity contribution is 6.31. The van der Waals surface area contributed by atoms with Crippen molar-refractivity contribution in [1.82, 2.24) is 9.55 Å². The molecule has 2 aromatic carbocycles. The van der Waals surface area contributed by atoms with Crippen LogP contribution in [0.15, 0.2) is 36.4 Å². The van der Waals surface area contributed by atoms with Gasteiger partial charge in [0.1, 0.15) is 11.6 Å². The summed E-state index contributed by atoms with van der Waals surface area (Å²) in [6.45, 7) is 1.86. The van der Waals surface area contributed by atoms with Gasteiger partial charge in [0.05, 0.1) is 22.1 Å². The average Bonchev–Trinajstić information content (AvgIpc) is 2.74. The predicted molar refractivity (Wildman–Crippen MR) is 79.3 cm³/mol. The Kier molecular flexibility index (Phi) is 3.29. The molecule has 3 nitrogen and oxygen atoms in total. The summed E-state index contributed by atoms with van der Waals surface area (Å²) < 4.78 is 28.6. The van der Waals surface area contributed by atoms with Gasteiger partial charge in [-0.25, -0.2) is 13.8 Å². The third-order valence-corrected chi connectivity index (χ3v) is 3.77. The molecule has 6 heteroatoms. The van der Waals surface area contributed by atoms with Crippen LogP contribution in [0.2, 0.25) is 5.02 Å². The molecule has 0 aliphatic carbocycles. The van der Waals surface area contributed by atoms with Crippen LogP contribution >= 0.6 is 11.6 Å². The number of rotatable bonds is 2. The molecular weight excluding hydrogens is 296 g/mol. The second kappa shape index (κ2) is 5.00. The van der Waals surface area contributed by atoms with Gasteiger partial charge in [-0.05, 0) is 30.7 Å². The van der Waals surface area contributed by atoms with E-state index < -0.39 is 5.82 Å². The zero-order valence-corrected chi connectivity index (χ0v) is 11.9. The zero-order chi connectivity index (χ0) is 15.1. The van der Waals surface area contributed by atoms with Crippen LogP contribution in [0.3, 0.4) is 0 Å². The van der Waals surface area contributed by atoms with Gasteiger partial charge in [-0.15, -0.1) is 0 Å². The lowest BCUT2D eigenvalue weighted by Gasteiger charge is -2.16. The lowest BCUT2D eigenvalue weighted by atomic mass is 10.1. The summed E-state index contributed by atoms with van der Waals surface area (Å²) in [5.41, 5.74) is 7.68. The number of aromatic nitrogens is 2. The first-order valence-corrected chi connectivity index (χ1v) is 6.73. The smallest absolute Gasteiger partial charge is 0.201 e. The molecule has 3 rings (SSSR count). The highest BCUT2D eigenvalue weighted by Gasteiger charge is 2.17. The number of halogens is 3. The normalized spacial score (nSPS) is 12.8. The van der Waals surface area contributed by atoms with E-state index in [-0.39, 0.29) is 22.8 Å². The van der Waals surface area contributed by atoms with Crippen molar-refractivity contribution in [1.29, 1.82) is 0 Å². The third-order valence-electron chi connectivity index (χ3n) is 3.48. The minimum absolute atomic E-state index is 0.00454. The molecule has 1 unspecified atom stereocenters. The lowest BCUT2D eigenvalue weighted by Crippen LogP contribution is -2.10. The molecule has 0 radical (unpaired) electrons. The monoisotopic (exact) mass is 307 g/mol. The van der Waals surface area contributed by atoms with Crippen LogP contribution in [-0.4, -0.2) is 9.55 Å². The fourth-order valence-corrected chi connectivity index (χ4v) is 2.59.